The van der Waals surface area contributed by atoms with E-state index in [1.165, 1.54) is 28.0 Å². The minimum Gasteiger partial charge on any atom is -0.348 e. The number of fused-ring (bicyclic) bond motifs is 1. The number of hydrogen-bond donors (Lipinski definition) is 1. The number of carbonyl (C=O) groups excluding carboxylic acids is 2. The number of hydrogen-bond acceptors (Lipinski definition) is 6. The molecular weight excluding hydrogens is 497 g/mol. The molecule has 3 heterocycles. The summed E-state index contributed by atoms with van der Waals surface area (Å²) in [6.45, 7) is 2.32. The summed E-state index contributed by atoms with van der Waals surface area (Å²) in [7, 11) is 0. The van der Waals surface area contributed by atoms with Gasteiger partial charge in [0.05, 0.1) is 23.9 Å². The van der Waals surface area contributed by atoms with Crippen LogP contribution in [-0.2, 0) is 4.79 Å². The Balaban J connectivity index is 1.08. The Kier molecular flexibility index (Phi) is 5.68. The van der Waals surface area contributed by atoms with Gasteiger partial charge in [-0.3, -0.25) is 14.5 Å². The average molecular weight is 520 g/mol. The molecule has 0 radical (unpaired) electrons. The predicted molar refractivity (Wildman–Crippen MR) is 131 cm³/mol. The second kappa shape index (κ2) is 8.92. The lowest BCUT2D eigenvalue weighted by atomic mass is 9.74. The van der Waals surface area contributed by atoms with Gasteiger partial charge in [-0.05, 0) is 73.4 Å². The monoisotopic (exact) mass is 519 g/mol. The number of nitriles is 1. The maximum Gasteiger partial charge on any atom is 0.273 e. The zero-order chi connectivity index (χ0) is 25.8. The molecule has 2 aromatic heterocycles. The molecule has 188 valence electrons. The van der Waals surface area contributed by atoms with Gasteiger partial charge in [-0.15, -0.1) is 5.10 Å². The Labute approximate surface area is 217 Å². The molecule has 2 saturated carbocycles. The van der Waals surface area contributed by atoms with E-state index in [-0.39, 0.29) is 41.2 Å². The first-order chi connectivity index (χ1) is 17.8. The van der Waals surface area contributed by atoms with Gasteiger partial charge in [0.25, 0.3) is 5.91 Å². The lowest BCUT2D eigenvalue weighted by molar-refractivity contribution is -0.118. The first kappa shape index (κ1) is 23.6. The van der Waals surface area contributed by atoms with Crippen molar-refractivity contribution < 1.29 is 14.0 Å². The van der Waals surface area contributed by atoms with Crippen LogP contribution in [0.25, 0.3) is 0 Å². The molecular formula is C26H23ClFN7O2. The van der Waals surface area contributed by atoms with Crippen molar-refractivity contribution in [2.45, 2.75) is 44.2 Å². The van der Waals surface area contributed by atoms with Gasteiger partial charge < -0.3 is 5.32 Å². The molecule has 1 aliphatic heterocycles. The Bertz CT molecular complexity index is 1460. The van der Waals surface area contributed by atoms with E-state index in [2.05, 4.69) is 26.7 Å². The number of rotatable bonds is 6. The number of amides is 2. The first-order valence-corrected chi connectivity index (χ1v) is 12.6. The highest BCUT2D eigenvalue weighted by Crippen LogP contribution is 2.47. The van der Waals surface area contributed by atoms with Crippen molar-refractivity contribution in [2.24, 2.45) is 11.8 Å². The number of nitrogens with one attached hydrogen (secondary N) is 1. The Hall–Kier alpha value is -3.84. The van der Waals surface area contributed by atoms with Crippen molar-refractivity contribution in [1.29, 1.82) is 5.26 Å². The molecule has 3 aromatic rings. The number of halogens is 2. The van der Waals surface area contributed by atoms with Crippen molar-refractivity contribution in [2.75, 3.05) is 11.4 Å². The summed E-state index contributed by atoms with van der Waals surface area (Å²) < 4.78 is 16.3. The predicted octanol–water partition coefficient (Wildman–Crippen LogP) is 3.61. The van der Waals surface area contributed by atoms with Gasteiger partial charge in [0, 0.05) is 29.7 Å². The molecule has 9 nitrogen and oxygen atoms in total. The third kappa shape index (κ3) is 4.23. The van der Waals surface area contributed by atoms with Gasteiger partial charge in [0.15, 0.2) is 17.3 Å². The Morgan fingerprint density at radius 3 is 2.81 bits per heavy atom. The van der Waals surface area contributed by atoms with Crippen molar-refractivity contribution in [1.82, 2.24) is 25.3 Å². The quantitative estimate of drug-likeness (QED) is 0.532. The third-order valence-electron chi connectivity index (χ3n) is 7.69. The number of carbonyl (C=O) groups is 2. The molecule has 11 heteroatoms. The minimum atomic E-state index is -0.559. The van der Waals surface area contributed by atoms with E-state index < -0.39 is 11.9 Å². The second-order valence-corrected chi connectivity index (χ2v) is 10.5. The summed E-state index contributed by atoms with van der Waals surface area (Å²) in [5.41, 5.74) is 2.20. The van der Waals surface area contributed by atoms with Crippen molar-refractivity contribution in [3.63, 3.8) is 0 Å². The number of benzene rings is 1. The normalized spacial score (nSPS) is 24.7. The van der Waals surface area contributed by atoms with Crippen LogP contribution in [0.5, 0.6) is 0 Å². The number of anilines is 1. The molecule has 2 amide bonds. The molecule has 3 aliphatic rings. The van der Waals surface area contributed by atoms with E-state index in [1.807, 2.05) is 6.07 Å². The first-order valence-electron chi connectivity index (χ1n) is 12.2. The van der Waals surface area contributed by atoms with Crippen molar-refractivity contribution in [3.8, 4) is 6.07 Å². The lowest BCUT2D eigenvalue weighted by Gasteiger charge is -2.36. The van der Waals surface area contributed by atoms with Gasteiger partial charge in [-0.25, -0.2) is 14.1 Å². The van der Waals surface area contributed by atoms with Gasteiger partial charge in [0.2, 0.25) is 5.91 Å². The standard InChI is InChI=1S/C26H23ClFN7O2/c1-13(16-7-22(28)24(30-10-16)34-11-17-6-21(17)26(34)37)35-12-23(32-33-35)25(36)31-19-4-15(5-19)20-8-18(27)3-2-14(20)9-29/h2-3,7-8,10,12-13,15,17,19,21H,4-6,11H2,1H3,(H,31,36)/t13-,15?,17+,19?,21+/m0/s1. The zero-order valence-electron chi connectivity index (χ0n) is 19.9. The van der Waals surface area contributed by atoms with Crippen LogP contribution in [0.4, 0.5) is 10.2 Å². The fourth-order valence-corrected chi connectivity index (χ4v) is 5.47. The zero-order valence-corrected chi connectivity index (χ0v) is 20.7. The number of pyridine rings is 1. The fraction of sp³-hybridized carbons (Fsp3) is 0.385. The van der Waals surface area contributed by atoms with Gasteiger partial charge in [-0.1, -0.05) is 16.8 Å². The number of aromatic nitrogens is 4. The lowest BCUT2D eigenvalue weighted by Crippen LogP contribution is -2.43. The highest BCUT2D eigenvalue weighted by molar-refractivity contribution is 6.30. The summed E-state index contributed by atoms with van der Waals surface area (Å²) in [4.78, 5) is 30.7. The highest BCUT2D eigenvalue weighted by atomic mass is 35.5. The van der Waals surface area contributed by atoms with E-state index in [4.69, 9.17) is 11.6 Å². The SMILES string of the molecule is C[C@@H](c1cnc(N2C[C@H]3C[C@H]3C2=O)c(F)c1)n1cc(C(=O)NC2CC(c3cc(Cl)ccc3C#N)C2)nn1. The molecule has 3 fully saturated rings. The summed E-state index contributed by atoms with van der Waals surface area (Å²) in [6.07, 6.45) is 5.33. The van der Waals surface area contributed by atoms with E-state index in [1.54, 1.807) is 19.1 Å². The second-order valence-electron chi connectivity index (χ2n) is 10.1. The Morgan fingerprint density at radius 1 is 1.30 bits per heavy atom. The van der Waals surface area contributed by atoms with E-state index in [9.17, 15) is 19.2 Å². The molecule has 37 heavy (non-hydrogen) atoms. The van der Waals surface area contributed by atoms with E-state index >= 15 is 0 Å². The fourth-order valence-electron chi connectivity index (χ4n) is 5.28. The van der Waals surface area contributed by atoms with Crippen LogP contribution < -0.4 is 10.2 Å². The van der Waals surface area contributed by atoms with Crippen LogP contribution in [0.2, 0.25) is 5.02 Å². The summed E-state index contributed by atoms with van der Waals surface area (Å²) in [5.74, 6) is -0.399. The summed E-state index contributed by atoms with van der Waals surface area (Å²) >= 11 is 6.09. The van der Waals surface area contributed by atoms with Crippen LogP contribution in [0.15, 0.2) is 36.7 Å². The number of piperidine rings is 1. The minimum absolute atomic E-state index is 0.0252. The topological polar surface area (TPSA) is 117 Å². The molecule has 0 spiro atoms. The number of nitrogens with zero attached hydrogens (tertiary/aromatic N) is 6. The van der Waals surface area contributed by atoms with E-state index in [0.717, 1.165) is 12.0 Å². The van der Waals surface area contributed by atoms with Crippen molar-refractivity contribution >= 4 is 29.2 Å². The molecule has 1 N–H and O–H groups in total. The molecule has 1 saturated heterocycles. The maximum atomic E-state index is 14.8. The van der Waals surface area contributed by atoms with Gasteiger partial charge in [0.1, 0.15) is 0 Å². The smallest absolute Gasteiger partial charge is 0.273 e. The molecule has 0 unspecified atom stereocenters. The van der Waals surface area contributed by atoms with Gasteiger partial charge in [-0.2, -0.15) is 5.26 Å². The molecule has 6 rings (SSSR count). The van der Waals surface area contributed by atoms with Crippen LogP contribution >= 0.6 is 11.6 Å². The summed E-state index contributed by atoms with van der Waals surface area (Å²) in [6, 6.07) is 8.30. The summed E-state index contributed by atoms with van der Waals surface area (Å²) in [5, 5.41) is 20.9. The van der Waals surface area contributed by atoms with Crippen LogP contribution in [0.3, 0.4) is 0 Å². The highest BCUT2D eigenvalue weighted by Gasteiger charge is 2.53. The largest absolute Gasteiger partial charge is 0.348 e. The van der Waals surface area contributed by atoms with E-state index in [0.29, 0.717) is 41.5 Å². The molecule has 1 aromatic carbocycles. The third-order valence-corrected chi connectivity index (χ3v) is 7.93. The average Bonchev–Trinajstić information content (AvgIpc) is 3.32. The maximum absolute atomic E-state index is 14.8. The van der Waals surface area contributed by atoms with Crippen LogP contribution in [0.1, 0.15) is 65.3 Å². The molecule has 0 bridgehead atoms. The van der Waals surface area contributed by atoms with Crippen molar-refractivity contribution in [3.05, 3.63) is 69.9 Å². The molecule has 3 atom stereocenters. The van der Waals surface area contributed by atoms with Crippen LogP contribution in [0, 0.1) is 29.0 Å². The molecule has 2 aliphatic carbocycles. The van der Waals surface area contributed by atoms with Crippen LogP contribution in [-0.4, -0.2) is 44.4 Å². The van der Waals surface area contributed by atoms with Gasteiger partial charge >= 0.3 is 0 Å². The Morgan fingerprint density at radius 2 is 2.11 bits per heavy atom.